The lowest BCUT2D eigenvalue weighted by Gasteiger charge is -2.31. The lowest BCUT2D eigenvalue weighted by atomic mass is 9.89. The summed E-state index contributed by atoms with van der Waals surface area (Å²) in [5, 5.41) is 12.8. The van der Waals surface area contributed by atoms with Gasteiger partial charge in [0.05, 0.1) is 12.0 Å². The van der Waals surface area contributed by atoms with Crippen LogP contribution in [0.4, 0.5) is 30.7 Å². The fourth-order valence-electron chi connectivity index (χ4n) is 3.29. The van der Waals surface area contributed by atoms with Gasteiger partial charge in [-0.1, -0.05) is 24.3 Å². The third kappa shape index (κ3) is 5.32. The van der Waals surface area contributed by atoms with Gasteiger partial charge in [-0.15, -0.1) is 0 Å². The first-order chi connectivity index (χ1) is 14.7. The molecule has 11 heteroatoms. The second-order valence-corrected chi connectivity index (χ2v) is 7.60. The Hall–Kier alpha value is -2.82. The van der Waals surface area contributed by atoms with Crippen molar-refractivity contribution in [1.82, 2.24) is 5.32 Å². The maximum Gasteiger partial charge on any atom is 0.422 e. The standard InChI is InChI=1S/C21H18F7NO3/c22-15-6-4-13(5-7-15)19(31,21(26,27)28)11-17(30)29-18(8-9-18)14-2-1-3-16(10-14)32-12-20(23,24)25/h1-7,10,31H,8-9,11-12H2,(H,29,30). The summed E-state index contributed by atoms with van der Waals surface area (Å²) in [7, 11) is 0. The highest BCUT2D eigenvalue weighted by Crippen LogP contribution is 2.47. The highest BCUT2D eigenvalue weighted by atomic mass is 19.4. The number of ether oxygens (including phenoxy) is 1. The van der Waals surface area contributed by atoms with Crippen LogP contribution in [0.1, 0.15) is 30.4 Å². The first kappa shape index (κ1) is 23.8. The topological polar surface area (TPSA) is 58.6 Å². The predicted molar refractivity (Wildman–Crippen MR) is 98.0 cm³/mol. The Balaban J connectivity index is 1.77. The second-order valence-electron chi connectivity index (χ2n) is 7.60. The van der Waals surface area contributed by atoms with E-state index in [4.69, 9.17) is 0 Å². The molecule has 0 aromatic heterocycles. The van der Waals surface area contributed by atoms with E-state index >= 15 is 0 Å². The van der Waals surface area contributed by atoms with Crippen LogP contribution in [-0.2, 0) is 15.9 Å². The molecule has 0 spiro atoms. The number of halogens is 7. The third-order valence-corrected chi connectivity index (χ3v) is 5.12. The van der Waals surface area contributed by atoms with Crippen LogP contribution in [0.25, 0.3) is 0 Å². The first-order valence-corrected chi connectivity index (χ1v) is 9.40. The highest BCUT2D eigenvalue weighted by molar-refractivity contribution is 5.79. The molecule has 0 aliphatic heterocycles. The summed E-state index contributed by atoms with van der Waals surface area (Å²) in [4.78, 5) is 12.5. The van der Waals surface area contributed by atoms with Crippen LogP contribution in [0.2, 0.25) is 0 Å². The van der Waals surface area contributed by atoms with Crippen molar-refractivity contribution >= 4 is 5.91 Å². The Bertz CT molecular complexity index is 969. The molecule has 1 saturated carbocycles. The molecule has 0 saturated heterocycles. The van der Waals surface area contributed by atoms with E-state index < -0.39 is 53.8 Å². The monoisotopic (exact) mass is 465 g/mol. The van der Waals surface area contributed by atoms with Crippen molar-refractivity contribution in [3.8, 4) is 5.75 Å². The van der Waals surface area contributed by atoms with Gasteiger partial charge < -0.3 is 15.2 Å². The quantitative estimate of drug-likeness (QED) is 0.583. The number of aliphatic hydroxyl groups is 1. The molecule has 1 unspecified atom stereocenters. The van der Waals surface area contributed by atoms with Crippen molar-refractivity contribution in [2.75, 3.05) is 6.61 Å². The fourth-order valence-corrected chi connectivity index (χ4v) is 3.29. The zero-order valence-electron chi connectivity index (χ0n) is 16.4. The van der Waals surface area contributed by atoms with Gasteiger partial charge in [0.1, 0.15) is 11.6 Å². The maximum atomic E-state index is 13.6. The number of alkyl halides is 6. The minimum atomic E-state index is -5.23. The summed E-state index contributed by atoms with van der Waals surface area (Å²) in [6.45, 7) is -1.52. The van der Waals surface area contributed by atoms with Gasteiger partial charge in [-0.3, -0.25) is 4.79 Å². The fraction of sp³-hybridized carbons (Fsp3) is 0.381. The van der Waals surface area contributed by atoms with Crippen molar-refractivity contribution in [1.29, 1.82) is 0 Å². The number of amides is 1. The minimum absolute atomic E-state index is 0.113. The Morgan fingerprint density at radius 3 is 2.19 bits per heavy atom. The number of hydrogen-bond acceptors (Lipinski definition) is 3. The number of carbonyl (C=O) groups excluding carboxylic acids is 1. The molecule has 2 aromatic rings. The largest absolute Gasteiger partial charge is 0.484 e. The summed E-state index contributed by atoms with van der Waals surface area (Å²) in [5.74, 6) is -2.06. The molecule has 3 rings (SSSR count). The van der Waals surface area contributed by atoms with Crippen molar-refractivity contribution < 1.29 is 45.4 Å². The molecule has 174 valence electrons. The molecule has 1 fully saturated rings. The summed E-state index contributed by atoms with van der Waals surface area (Å²) in [6.07, 6.45) is -10.5. The Labute approximate surface area is 178 Å². The van der Waals surface area contributed by atoms with Gasteiger partial charge in [0.15, 0.2) is 12.2 Å². The molecule has 0 heterocycles. The molecule has 1 aliphatic rings. The van der Waals surface area contributed by atoms with Crippen LogP contribution in [0.5, 0.6) is 5.75 Å². The van der Waals surface area contributed by atoms with E-state index in [1.807, 2.05) is 0 Å². The molecular formula is C21H18F7NO3. The van der Waals surface area contributed by atoms with Crippen molar-refractivity contribution in [2.24, 2.45) is 0 Å². The molecule has 4 nitrogen and oxygen atoms in total. The van der Waals surface area contributed by atoms with E-state index in [1.54, 1.807) is 0 Å². The van der Waals surface area contributed by atoms with Crippen LogP contribution in [0.15, 0.2) is 48.5 Å². The van der Waals surface area contributed by atoms with Crippen molar-refractivity contribution in [2.45, 2.75) is 42.8 Å². The summed E-state index contributed by atoms with van der Waals surface area (Å²) in [6, 6.07) is 8.41. The molecule has 2 N–H and O–H groups in total. The number of hydrogen-bond donors (Lipinski definition) is 2. The van der Waals surface area contributed by atoms with Gasteiger partial charge in [-0.05, 0) is 48.2 Å². The Morgan fingerprint density at radius 1 is 1.03 bits per heavy atom. The molecule has 0 bridgehead atoms. The van der Waals surface area contributed by atoms with Gasteiger partial charge in [0.2, 0.25) is 5.91 Å². The van der Waals surface area contributed by atoms with E-state index in [1.165, 1.54) is 24.3 Å². The molecule has 1 atom stereocenters. The van der Waals surface area contributed by atoms with Crippen molar-refractivity contribution in [3.05, 3.63) is 65.5 Å². The number of carbonyl (C=O) groups is 1. The van der Waals surface area contributed by atoms with Gasteiger partial charge >= 0.3 is 12.4 Å². The SMILES string of the molecule is O=C(CC(O)(c1ccc(F)cc1)C(F)(F)F)NC1(c2cccc(OCC(F)(F)F)c2)CC1. The number of rotatable bonds is 7. The van der Waals surface area contributed by atoms with E-state index in [9.17, 15) is 40.6 Å². The first-order valence-electron chi connectivity index (χ1n) is 9.40. The van der Waals surface area contributed by atoms with Crippen LogP contribution in [0.3, 0.4) is 0 Å². The average molecular weight is 465 g/mol. The van der Waals surface area contributed by atoms with E-state index in [0.29, 0.717) is 18.4 Å². The van der Waals surface area contributed by atoms with Gasteiger partial charge in [0.25, 0.3) is 0 Å². The van der Waals surface area contributed by atoms with Crippen LogP contribution in [0, 0.1) is 5.82 Å². The summed E-state index contributed by atoms with van der Waals surface area (Å²) >= 11 is 0. The van der Waals surface area contributed by atoms with Crippen LogP contribution >= 0.6 is 0 Å². The van der Waals surface area contributed by atoms with Crippen molar-refractivity contribution in [3.63, 3.8) is 0 Å². The van der Waals surface area contributed by atoms with E-state index in [-0.39, 0.29) is 5.75 Å². The zero-order chi connectivity index (χ0) is 23.8. The molecule has 1 aliphatic carbocycles. The Kier molecular flexibility index (Phi) is 6.16. The van der Waals surface area contributed by atoms with Gasteiger partial charge in [0, 0.05) is 0 Å². The lowest BCUT2D eigenvalue weighted by molar-refractivity contribution is -0.267. The molecule has 2 aromatic carbocycles. The summed E-state index contributed by atoms with van der Waals surface area (Å²) in [5.41, 5.74) is -4.97. The normalized spacial score (nSPS) is 17.4. The van der Waals surface area contributed by atoms with Gasteiger partial charge in [-0.2, -0.15) is 26.3 Å². The molecule has 1 amide bonds. The number of nitrogens with one attached hydrogen (secondary N) is 1. The average Bonchev–Trinajstić information content (AvgIpc) is 3.46. The Morgan fingerprint density at radius 2 is 1.66 bits per heavy atom. The molecular weight excluding hydrogens is 447 g/mol. The lowest BCUT2D eigenvalue weighted by Crippen LogP contribution is -2.47. The smallest absolute Gasteiger partial charge is 0.422 e. The molecule has 0 radical (unpaired) electrons. The summed E-state index contributed by atoms with van der Waals surface area (Å²) < 4.78 is 95.7. The highest BCUT2D eigenvalue weighted by Gasteiger charge is 2.57. The number of benzene rings is 2. The minimum Gasteiger partial charge on any atom is -0.484 e. The maximum absolute atomic E-state index is 13.6. The molecule has 32 heavy (non-hydrogen) atoms. The van der Waals surface area contributed by atoms with E-state index in [2.05, 4.69) is 10.1 Å². The zero-order valence-corrected chi connectivity index (χ0v) is 16.4. The van der Waals surface area contributed by atoms with Crippen LogP contribution in [-0.4, -0.2) is 30.0 Å². The van der Waals surface area contributed by atoms with Gasteiger partial charge in [-0.25, -0.2) is 4.39 Å². The predicted octanol–water partition coefficient (Wildman–Crippen LogP) is 4.71. The van der Waals surface area contributed by atoms with E-state index in [0.717, 1.165) is 24.3 Å². The van der Waals surface area contributed by atoms with Crippen LogP contribution < -0.4 is 10.1 Å². The second kappa shape index (κ2) is 8.27. The third-order valence-electron chi connectivity index (χ3n) is 5.12.